The molecule has 4 aliphatic carbocycles. The Morgan fingerprint density at radius 1 is 1.12 bits per heavy atom. The van der Waals surface area contributed by atoms with Gasteiger partial charge < -0.3 is 9.47 Å². The van der Waals surface area contributed by atoms with Crippen LogP contribution in [0.15, 0.2) is 23.8 Å². The van der Waals surface area contributed by atoms with Crippen LogP contribution in [-0.4, -0.2) is 30.4 Å². The van der Waals surface area contributed by atoms with Gasteiger partial charge in [-0.25, -0.2) is 0 Å². The lowest BCUT2D eigenvalue weighted by molar-refractivity contribution is -0.188. The van der Waals surface area contributed by atoms with Crippen molar-refractivity contribution in [3.05, 3.63) is 23.8 Å². The van der Waals surface area contributed by atoms with E-state index in [-0.39, 0.29) is 57.8 Å². The normalized spacial score (nSPS) is 47.8. The minimum absolute atomic E-state index is 0.0325. The molecule has 0 aromatic carbocycles. The van der Waals surface area contributed by atoms with Gasteiger partial charge in [0.05, 0.1) is 13.0 Å². The molecule has 0 radical (unpaired) electrons. The van der Waals surface area contributed by atoms with E-state index in [9.17, 15) is 14.4 Å². The molecule has 2 saturated carbocycles. The SMILES string of the molecule is CC(=O)O[C@@H]1C[C@H]2C(C)(C)C(=O)C=C[C@@]2(C)[C@@H]2CC[C@@]3(C)C(=CC[C@H]3[C@H]3COC(=O)C3)[C@@]12C. The van der Waals surface area contributed by atoms with E-state index >= 15 is 0 Å². The van der Waals surface area contributed by atoms with Crippen LogP contribution in [0.25, 0.3) is 0 Å². The summed E-state index contributed by atoms with van der Waals surface area (Å²) in [6, 6.07) is 0. The molecular weight excluding hydrogens is 416 g/mol. The molecule has 5 rings (SSSR count). The number of cyclic esters (lactones) is 1. The molecule has 180 valence electrons. The van der Waals surface area contributed by atoms with Crippen molar-refractivity contribution in [3.63, 3.8) is 0 Å². The molecule has 0 amide bonds. The van der Waals surface area contributed by atoms with Gasteiger partial charge in [0.25, 0.3) is 0 Å². The number of carbonyl (C=O) groups is 3. The first-order valence-corrected chi connectivity index (χ1v) is 12.6. The third-order valence-electron chi connectivity index (χ3n) is 10.8. The van der Waals surface area contributed by atoms with Gasteiger partial charge in [0, 0.05) is 23.7 Å². The minimum Gasteiger partial charge on any atom is -0.465 e. The van der Waals surface area contributed by atoms with Gasteiger partial charge in [0.15, 0.2) is 5.78 Å². The molecule has 5 heteroatoms. The van der Waals surface area contributed by atoms with E-state index in [0.29, 0.717) is 25.4 Å². The van der Waals surface area contributed by atoms with Crippen molar-refractivity contribution >= 4 is 17.7 Å². The predicted octanol–water partition coefficient (Wildman–Crippen LogP) is 5.04. The van der Waals surface area contributed by atoms with Gasteiger partial charge in [-0.15, -0.1) is 0 Å². The molecule has 5 nitrogen and oxygen atoms in total. The van der Waals surface area contributed by atoms with Crippen molar-refractivity contribution < 1.29 is 23.9 Å². The summed E-state index contributed by atoms with van der Waals surface area (Å²) in [7, 11) is 0. The van der Waals surface area contributed by atoms with Crippen LogP contribution in [0.1, 0.15) is 73.6 Å². The lowest BCUT2D eigenvalue weighted by atomic mass is 9.38. The van der Waals surface area contributed by atoms with Crippen LogP contribution in [0.2, 0.25) is 0 Å². The van der Waals surface area contributed by atoms with E-state index in [4.69, 9.17) is 9.47 Å². The number of hydrogen-bond acceptors (Lipinski definition) is 5. The summed E-state index contributed by atoms with van der Waals surface area (Å²) in [5.41, 5.74) is 0.441. The Balaban J connectivity index is 1.60. The Labute approximate surface area is 197 Å². The summed E-state index contributed by atoms with van der Waals surface area (Å²) in [6.45, 7) is 13.1. The average Bonchev–Trinajstić information content (AvgIpc) is 3.30. The fourth-order valence-corrected chi connectivity index (χ4v) is 9.16. The molecule has 0 spiro atoms. The van der Waals surface area contributed by atoms with Gasteiger partial charge in [0.2, 0.25) is 0 Å². The van der Waals surface area contributed by atoms with E-state index in [1.54, 1.807) is 0 Å². The van der Waals surface area contributed by atoms with Crippen molar-refractivity contribution in [1.82, 2.24) is 0 Å². The van der Waals surface area contributed by atoms with Crippen LogP contribution in [-0.2, 0) is 23.9 Å². The van der Waals surface area contributed by atoms with Crippen molar-refractivity contribution in [3.8, 4) is 0 Å². The van der Waals surface area contributed by atoms with Crippen LogP contribution in [0, 0.1) is 45.3 Å². The van der Waals surface area contributed by atoms with Crippen molar-refractivity contribution in [2.75, 3.05) is 6.61 Å². The molecule has 0 N–H and O–H groups in total. The molecule has 1 saturated heterocycles. The summed E-state index contributed by atoms with van der Waals surface area (Å²) in [6.07, 6.45) is 10.3. The number of ketones is 1. The Morgan fingerprint density at radius 3 is 2.48 bits per heavy atom. The highest BCUT2D eigenvalue weighted by atomic mass is 16.5. The largest absolute Gasteiger partial charge is 0.465 e. The molecule has 8 atom stereocenters. The second-order valence-electron chi connectivity index (χ2n) is 12.6. The summed E-state index contributed by atoms with van der Waals surface area (Å²) in [4.78, 5) is 37.1. The van der Waals surface area contributed by atoms with Crippen molar-refractivity contribution in [2.24, 2.45) is 45.3 Å². The standard InChI is InChI=1S/C28H38O5/c1-16(29)33-23-14-21-25(2,3)22(30)10-12-27(21,5)20-9-11-26(4)18(17-13-24(31)32-15-17)7-8-19(26)28(20,23)6/h8,10,12,17-18,20-21,23H,7,9,11,13-15H2,1-6H3/t17-,18+,20+,21+,23-,26-,27+,28-/m1/s1. The first-order valence-electron chi connectivity index (χ1n) is 12.6. The highest BCUT2D eigenvalue weighted by Gasteiger charge is 2.68. The Morgan fingerprint density at radius 2 is 1.85 bits per heavy atom. The number of allylic oxidation sites excluding steroid dienone is 3. The molecule has 0 bridgehead atoms. The molecule has 0 unspecified atom stereocenters. The maximum absolute atomic E-state index is 12.9. The van der Waals surface area contributed by atoms with E-state index in [0.717, 1.165) is 19.3 Å². The van der Waals surface area contributed by atoms with Gasteiger partial charge in [-0.1, -0.05) is 52.3 Å². The van der Waals surface area contributed by atoms with Crippen molar-refractivity contribution in [2.45, 2.75) is 79.8 Å². The summed E-state index contributed by atoms with van der Waals surface area (Å²) in [5.74, 6) is 0.853. The lowest BCUT2D eigenvalue weighted by Gasteiger charge is -2.66. The Kier molecular flexibility index (Phi) is 4.89. The molecule has 1 aliphatic heterocycles. The second-order valence-corrected chi connectivity index (χ2v) is 12.6. The van der Waals surface area contributed by atoms with Crippen LogP contribution < -0.4 is 0 Å². The number of esters is 2. The first kappa shape index (κ1) is 22.9. The van der Waals surface area contributed by atoms with Crippen LogP contribution in [0.3, 0.4) is 0 Å². The maximum Gasteiger partial charge on any atom is 0.306 e. The maximum atomic E-state index is 12.9. The van der Waals surface area contributed by atoms with Gasteiger partial charge in [-0.2, -0.15) is 0 Å². The third kappa shape index (κ3) is 2.93. The Hall–Kier alpha value is -1.91. The summed E-state index contributed by atoms with van der Waals surface area (Å²) < 4.78 is 11.5. The highest BCUT2D eigenvalue weighted by Crippen LogP contribution is 2.72. The molecule has 33 heavy (non-hydrogen) atoms. The molecular formula is C28H38O5. The van der Waals surface area contributed by atoms with E-state index in [1.165, 1.54) is 12.5 Å². The number of fused-ring (bicyclic) bond motifs is 5. The van der Waals surface area contributed by atoms with Crippen LogP contribution in [0.5, 0.6) is 0 Å². The summed E-state index contributed by atoms with van der Waals surface area (Å²) >= 11 is 0. The fourth-order valence-electron chi connectivity index (χ4n) is 9.16. The second kappa shape index (κ2) is 7.05. The summed E-state index contributed by atoms with van der Waals surface area (Å²) in [5, 5.41) is 0. The van der Waals surface area contributed by atoms with Gasteiger partial charge in [-0.05, 0) is 60.3 Å². The number of hydrogen-bond donors (Lipinski definition) is 0. The van der Waals surface area contributed by atoms with E-state index in [1.807, 2.05) is 6.08 Å². The monoisotopic (exact) mass is 454 g/mol. The average molecular weight is 455 g/mol. The molecule has 1 heterocycles. The minimum atomic E-state index is -0.488. The smallest absolute Gasteiger partial charge is 0.306 e. The van der Waals surface area contributed by atoms with Crippen LogP contribution in [0.4, 0.5) is 0 Å². The predicted molar refractivity (Wildman–Crippen MR) is 124 cm³/mol. The van der Waals surface area contributed by atoms with E-state index in [2.05, 4.69) is 46.8 Å². The quantitative estimate of drug-likeness (QED) is 0.432. The number of ether oxygens (including phenoxy) is 2. The molecule has 0 aromatic rings. The zero-order valence-electron chi connectivity index (χ0n) is 20.9. The zero-order chi connectivity index (χ0) is 24.0. The lowest BCUT2D eigenvalue weighted by Crippen LogP contribution is -2.64. The van der Waals surface area contributed by atoms with Gasteiger partial charge in [0.1, 0.15) is 6.10 Å². The first-order chi connectivity index (χ1) is 15.3. The van der Waals surface area contributed by atoms with E-state index < -0.39 is 5.41 Å². The Bertz CT molecular complexity index is 975. The zero-order valence-corrected chi connectivity index (χ0v) is 20.9. The number of carbonyl (C=O) groups excluding carboxylic acids is 3. The van der Waals surface area contributed by atoms with Gasteiger partial charge >= 0.3 is 11.9 Å². The highest BCUT2D eigenvalue weighted by molar-refractivity contribution is 5.95. The number of rotatable bonds is 2. The molecule has 3 fully saturated rings. The fraction of sp³-hybridized carbons (Fsp3) is 0.750. The van der Waals surface area contributed by atoms with Crippen LogP contribution >= 0.6 is 0 Å². The molecule has 5 aliphatic rings. The molecule has 0 aromatic heterocycles. The third-order valence-corrected chi connectivity index (χ3v) is 10.8. The van der Waals surface area contributed by atoms with Gasteiger partial charge in [-0.3, -0.25) is 14.4 Å². The topological polar surface area (TPSA) is 69.7 Å². The van der Waals surface area contributed by atoms with Crippen molar-refractivity contribution in [1.29, 1.82) is 0 Å².